The van der Waals surface area contributed by atoms with E-state index in [4.69, 9.17) is 0 Å². The molecule has 0 spiro atoms. The minimum Gasteiger partial charge on any atom is -1.00 e. The molecule has 0 nitrogen and oxygen atoms in total. The summed E-state index contributed by atoms with van der Waals surface area (Å²) in [4.78, 5) is 0. The minimum absolute atomic E-state index is 0. The van der Waals surface area contributed by atoms with Gasteiger partial charge in [0, 0.05) is 0 Å². The molecular formula is C59H43Cl3SiTi. The fraction of sp³-hybridized carbons (Fsp3) is 0.0169. The Morgan fingerprint density at radius 3 is 0.688 bits per heavy atom. The molecule has 10 rings (SSSR count). The Labute approximate surface area is 412 Å². The van der Waals surface area contributed by atoms with E-state index in [2.05, 4.69) is 255 Å². The van der Waals surface area contributed by atoms with Crippen LogP contribution in [-0.4, -0.2) is 8.07 Å². The Balaban J connectivity index is 0.00000170. The monoisotopic (exact) mass is 932 g/mol. The van der Waals surface area contributed by atoms with Crippen LogP contribution in [0.1, 0.15) is 6.42 Å². The molecule has 1 aliphatic carbocycles. The van der Waals surface area contributed by atoms with E-state index in [0.29, 0.717) is 0 Å². The van der Waals surface area contributed by atoms with Gasteiger partial charge in [0.25, 0.3) is 0 Å². The molecule has 0 saturated heterocycles. The van der Waals surface area contributed by atoms with E-state index in [1.54, 1.807) is 0 Å². The summed E-state index contributed by atoms with van der Waals surface area (Å²) in [5, 5.41) is 5.25. The molecule has 0 N–H and O–H groups in total. The first-order valence-corrected chi connectivity index (χ1v) is 22.8. The molecule has 0 atom stereocenters. The Morgan fingerprint density at radius 2 is 0.500 bits per heavy atom. The van der Waals surface area contributed by atoms with E-state index in [0.717, 1.165) is 6.42 Å². The van der Waals surface area contributed by atoms with Crippen LogP contribution in [0.5, 0.6) is 0 Å². The van der Waals surface area contributed by atoms with Crippen molar-refractivity contribution in [1.29, 1.82) is 0 Å². The van der Waals surface area contributed by atoms with Crippen LogP contribution in [0.2, 0.25) is 0 Å². The van der Waals surface area contributed by atoms with Crippen LogP contribution >= 0.6 is 0 Å². The molecule has 0 aliphatic heterocycles. The van der Waals surface area contributed by atoms with E-state index in [1.165, 1.54) is 87.5 Å². The summed E-state index contributed by atoms with van der Waals surface area (Å²) in [5.41, 5.74) is 14.4. The Morgan fingerprint density at radius 1 is 0.281 bits per heavy atom. The molecule has 0 saturated carbocycles. The summed E-state index contributed by atoms with van der Waals surface area (Å²) in [6, 6.07) is 87.5. The summed E-state index contributed by atoms with van der Waals surface area (Å²) in [6.07, 6.45) is 9.48. The molecule has 9 aromatic rings. The number of hydrogen-bond donors (Lipinski definition) is 0. The average molecular weight is 934 g/mol. The van der Waals surface area contributed by atoms with Gasteiger partial charge in [-0.2, -0.15) is 6.08 Å². The second kappa shape index (κ2) is 21.8. The van der Waals surface area contributed by atoms with Gasteiger partial charge in [-0.15, -0.1) is 6.42 Å². The number of allylic oxidation sites excluding steroid dienone is 4. The third-order valence-electron chi connectivity index (χ3n) is 11.8. The summed E-state index contributed by atoms with van der Waals surface area (Å²) in [7, 11) is -3.26. The van der Waals surface area contributed by atoms with Gasteiger partial charge in [-0.05, 0) is 101 Å². The Hall–Kier alpha value is -5.74. The molecule has 0 aromatic heterocycles. The molecular weight excluding hydrogens is 891 g/mol. The standard InChI is InChI=1S/C59H43Si.3ClH.Ti/c1-7-21-44(22-8-1)50-35-51(45-23-9-2-10-24-45)39-57(38-50)60(56-33-19-20-34-56,58-40-52(46-25-11-3-12-26-46)36-53(41-58)47-27-13-4-14-28-47)59-42-54(48-29-15-5-16-30-48)37-55(43-59)49-31-17-6-18-32-49;;;;/h1-19,21-33,35-43H,20H2;3*1H;/q-1;;;;+4/p-3. The van der Waals surface area contributed by atoms with Gasteiger partial charge < -0.3 is 37.2 Å². The summed E-state index contributed by atoms with van der Waals surface area (Å²) >= 11 is 0. The SMILES string of the molecule is [C-]1=C([Si](c2cc(-c3ccccc3)cc(-c3ccccc3)c2)(c2cc(-c3ccccc3)cc(-c3ccccc3)c2)c2cc(-c3ccccc3)cc(-c3ccccc3)c2)C=CC1.[Cl-].[Cl-].[Cl-].[Ti+4]. The van der Waals surface area contributed by atoms with Crippen LogP contribution in [0.15, 0.2) is 254 Å². The van der Waals surface area contributed by atoms with Crippen LogP contribution in [0, 0.1) is 6.08 Å². The largest absolute Gasteiger partial charge is 4.00 e. The summed E-state index contributed by atoms with van der Waals surface area (Å²) in [5.74, 6) is 0. The summed E-state index contributed by atoms with van der Waals surface area (Å²) < 4.78 is 0. The fourth-order valence-corrected chi connectivity index (χ4v) is 13.8. The van der Waals surface area contributed by atoms with E-state index in [1.807, 2.05) is 0 Å². The smallest absolute Gasteiger partial charge is 1.00 e. The van der Waals surface area contributed by atoms with Crippen molar-refractivity contribution in [2.75, 3.05) is 0 Å². The molecule has 9 aromatic carbocycles. The minimum atomic E-state index is -3.26. The first-order valence-electron chi connectivity index (χ1n) is 20.8. The van der Waals surface area contributed by atoms with Crippen LogP contribution in [-0.2, 0) is 21.7 Å². The van der Waals surface area contributed by atoms with Crippen molar-refractivity contribution in [3.8, 4) is 66.8 Å². The summed E-state index contributed by atoms with van der Waals surface area (Å²) in [6.45, 7) is 0. The third kappa shape index (κ3) is 9.67. The normalized spacial score (nSPS) is 11.5. The zero-order valence-corrected chi connectivity index (χ0v) is 39.8. The molecule has 0 fully saturated rings. The molecule has 1 aliphatic rings. The molecule has 0 heterocycles. The molecule has 0 radical (unpaired) electrons. The van der Waals surface area contributed by atoms with Crippen LogP contribution in [0.4, 0.5) is 0 Å². The van der Waals surface area contributed by atoms with E-state index in [-0.39, 0.29) is 58.9 Å². The third-order valence-corrected chi connectivity index (χ3v) is 16.5. The quantitative estimate of drug-likeness (QED) is 0.109. The molecule has 0 unspecified atom stereocenters. The zero-order valence-electron chi connectivity index (χ0n) is 35.0. The number of rotatable bonds is 10. The van der Waals surface area contributed by atoms with Crippen LogP contribution in [0.25, 0.3) is 66.8 Å². The van der Waals surface area contributed by atoms with Gasteiger partial charge in [-0.3, -0.25) is 6.08 Å². The maximum atomic E-state index is 4.02. The fourth-order valence-electron chi connectivity index (χ4n) is 8.94. The number of benzene rings is 9. The second-order valence-electron chi connectivity index (χ2n) is 15.5. The van der Waals surface area contributed by atoms with E-state index >= 15 is 0 Å². The maximum Gasteiger partial charge on any atom is 4.00 e. The molecule has 308 valence electrons. The molecule has 5 heteroatoms. The van der Waals surface area contributed by atoms with Crippen molar-refractivity contribution in [3.05, 3.63) is 260 Å². The predicted octanol–water partition coefficient (Wildman–Crippen LogP) is 4.40. The second-order valence-corrected chi connectivity index (χ2v) is 19.3. The van der Waals surface area contributed by atoms with Gasteiger partial charge in [0.2, 0.25) is 0 Å². The van der Waals surface area contributed by atoms with Crippen molar-refractivity contribution in [2.45, 2.75) is 6.42 Å². The predicted molar refractivity (Wildman–Crippen MR) is 257 cm³/mol. The first-order chi connectivity index (χ1) is 29.7. The van der Waals surface area contributed by atoms with Gasteiger partial charge >= 0.3 is 21.7 Å². The van der Waals surface area contributed by atoms with Gasteiger partial charge in [-0.25, -0.2) is 11.3 Å². The average Bonchev–Trinajstić information content (AvgIpc) is 3.89. The van der Waals surface area contributed by atoms with Crippen molar-refractivity contribution in [3.63, 3.8) is 0 Å². The van der Waals surface area contributed by atoms with Crippen molar-refractivity contribution >= 4 is 23.6 Å². The van der Waals surface area contributed by atoms with E-state index in [9.17, 15) is 0 Å². The van der Waals surface area contributed by atoms with Crippen molar-refractivity contribution in [1.82, 2.24) is 0 Å². The number of hydrogen-bond acceptors (Lipinski definition) is 0. The zero-order chi connectivity index (χ0) is 40.1. The molecule has 64 heavy (non-hydrogen) atoms. The van der Waals surface area contributed by atoms with Crippen molar-refractivity contribution in [2.24, 2.45) is 0 Å². The molecule has 0 bridgehead atoms. The first kappa shape index (κ1) is 47.7. The number of halogens is 3. The Bertz CT molecular complexity index is 2500. The van der Waals surface area contributed by atoms with Gasteiger partial charge in [0.1, 0.15) is 8.07 Å². The van der Waals surface area contributed by atoms with Gasteiger partial charge in [0.05, 0.1) is 0 Å². The topological polar surface area (TPSA) is 0 Å². The molecule has 0 amide bonds. The van der Waals surface area contributed by atoms with Crippen LogP contribution < -0.4 is 52.8 Å². The van der Waals surface area contributed by atoms with Crippen LogP contribution in [0.3, 0.4) is 0 Å². The van der Waals surface area contributed by atoms with E-state index < -0.39 is 8.07 Å². The van der Waals surface area contributed by atoms with Gasteiger partial charge in [-0.1, -0.05) is 218 Å². The maximum absolute atomic E-state index is 4.02. The Kier molecular flexibility index (Phi) is 16.2. The van der Waals surface area contributed by atoms with Gasteiger partial charge in [0.15, 0.2) is 0 Å². The van der Waals surface area contributed by atoms with Crippen molar-refractivity contribution < 1.29 is 58.9 Å².